The highest BCUT2D eigenvalue weighted by atomic mass is 16.5. The second-order valence-corrected chi connectivity index (χ2v) is 10.0. The zero-order valence-electron chi connectivity index (χ0n) is 19.2. The van der Waals surface area contributed by atoms with Gasteiger partial charge in [0.15, 0.2) is 5.78 Å². The van der Waals surface area contributed by atoms with E-state index in [0.717, 1.165) is 38.5 Å². The highest BCUT2D eigenvalue weighted by Crippen LogP contribution is 2.58. The van der Waals surface area contributed by atoms with Gasteiger partial charge in [-0.3, -0.25) is 14.4 Å². The van der Waals surface area contributed by atoms with Gasteiger partial charge >= 0.3 is 0 Å². The summed E-state index contributed by atoms with van der Waals surface area (Å²) in [6.45, 7) is 6.02. The molecule has 0 aromatic carbocycles. The van der Waals surface area contributed by atoms with Crippen LogP contribution in [0.2, 0.25) is 0 Å². The van der Waals surface area contributed by atoms with E-state index in [-0.39, 0.29) is 42.0 Å². The molecule has 1 saturated heterocycles. The van der Waals surface area contributed by atoms with E-state index in [1.54, 1.807) is 18.9 Å². The molecule has 30 heavy (non-hydrogen) atoms. The van der Waals surface area contributed by atoms with Crippen molar-refractivity contribution < 1.29 is 19.1 Å². The summed E-state index contributed by atoms with van der Waals surface area (Å²) in [7, 11) is 3.45. The number of ketones is 2. The van der Waals surface area contributed by atoms with Gasteiger partial charge in [0, 0.05) is 30.9 Å². The minimum atomic E-state index is -0.591. The van der Waals surface area contributed by atoms with Crippen LogP contribution in [0.5, 0.6) is 0 Å². The molecule has 0 aromatic rings. The van der Waals surface area contributed by atoms with Crippen LogP contribution in [0.3, 0.4) is 0 Å². The Kier molecular flexibility index (Phi) is 6.87. The quantitative estimate of drug-likeness (QED) is 0.713. The minimum Gasteiger partial charge on any atom is -0.379 e. The van der Waals surface area contributed by atoms with Crippen LogP contribution in [-0.4, -0.2) is 61.3 Å². The van der Waals surface area contributed by atoms with E-state index in [1.165, 1.54) is 0 Å². The Labute approximate surface area is 180 Å². The number of ether oxygens (including phenoxy) is 1. The van der Waals surface area contributed by atoms with E-state index in [4.69, 9.17) is 4.74 Å². The Morgan fingerprint density at radius 2 is 1.97 bits per heavy atom. The molecule has 0 bridgehead atoms. The van der Waals surface area contributed by atoms with Gasteiger partial charge < -0.3 is 15.0 Å². The summed E-state index contributed by atoms with van der Waals surface area (Å²) in [5.41, 5.74) is -1.10. The van der Waals surface area contributed by atoms with Crippen LogP contribution in [0.15, 0.2) is 12.2 Å². The number of amides is 1. The second kappa shape index (κ2) is 8.91. The fourth-order valence-corrected chi connectivity index (χ4v) is 5.65. The summed E-state index contributed by atoms with van der Waals surface area (Å²) in [5, 5.41) is 3.16. The van der Waals surface area contributed by atoms with Crippen LogP contribution in [-0.2, 0) is 19.1 Å². The number of carbonyl (C=O) groups is 3. The van der Waals surface area contributed by atoms with Gasteiger partial charge in [-0.2, -0.15) is 0 Å². The molecule has 3 aliphatic rings. The highest BCUT2D eigenvalue weighted by molar-refractivity contribution is 5.97. The molecular formula is C24H38N2O4. The van der Waals surface area contributed by atoms with Crippen LogP contribution in [0.4, 0.5) is 0 Å². The molecule has 2 fully saturated rings. The number of fused-ring (bicyclic) bond motifs is 2. The lowest BCUT2D eigenvalue weighted by atomic mass is 9.77. The molecule has 2 aliphatic heterocycles. The van der Waals surface area contributed by atoms with Crippen LogP contribution < -0.4 is 5.32 Å². The van der Waals surface area contributed by atoms with Crippen molar-refractivity contribution in [3.63, 3.8) is 0 Å². The van der Waals surface area contributed by atoms with E-state index in [9.17, 15) is 14.4 Å². The van der Waals surface area contributed by atoms with Gasteiger partial charge in [-0.1, -0.05) is 38.8 Å². The monoisotopic (exact) mass is 418 g/mol. The highest BCUT2D eigenvalue weighted by Gasteiger charge is 2.61. The Morgan fingerprint density at radius 3 is 2.60 bits per heavy atom. The van der Waals surface area contributed by atoms with Crippen molar-refractivity contribution in [2.45, 2.75) is 83.9 Å². The first kappa shape index (κ1) is 23.1. The van der Waals surface area contributed by atoms with E-state index >= 15 is 0 Å². The first-order chi connectivity index (χ1) is 14.2. The van der Waals surface area contributed by atoms with Crippen LogP contribution in [0.25, 0.3) is 0 Å². The standard InChI is InChI=1S/C24H38N2O4/c1-16(27)24-13-17(24)11-9-7-6-8-10-12-18(25-4)22(29)26-15-20(30-5)23(2,3)21(26)19(28)14-24/h9,11,17-18,20-21,25H,6-8,10,12-15H2,1-5H3/b11-9-/t17-,18+,20+,21-,24+/m1/s1. The van der Waals surface area contributed by atoms with Crippen LogP contribution in [0.1, 0.15) is 65.7 Å². The van der Waals surface area contributed by atoms with Crippen molar-refractivity contribution in [1.82, 2.24) is 10.2 Å². The molecular weight excluding hydrogens is 380 g/mol. The molecule has 0 radical (unpaired) electrons. The molecule has 1 N–H and O–H groups in total. The third kappa shape index (κ3) is 4.13. The van der Waals surface area contributed by atoms with Gasteiger partial charge in [0.1, 0.15) is 5.78 Å². The molecule has 1 aliphatic carbocycles. The van der Waals surface area contributed by atoms with Crippen molar-refractivity contribution in [3.05, 3.63) is 12.2 Å². The van der Waals surface area contributed by atoms with Gasteiger partial charge in [-0.15, -0.1) is 0 Å². The molecule has 6 nitrogen and oxygen atoms in total. The zero-order valence-corrected chi connectivity index (χ0v) is 19.2. The maximum atomic E-state index is 13.7. The lowest BCUT2D eigenvalue weighted by Crippen LogP contribution is -2.53. The Hall–Kier alpha value is -1.53. The third-order valence-corrected chi connectivity index (χ3v) is 7.78. The number of Topliss-reactive ketones (excluding diaryl/α,β-unsaturated/α-hetero) is 2. The van der Waals surface area contributed by atoms with Crippen molar-refractivity contribution in [2.75, 3.05) is 20.7 Å². The predicted molar refractivity (Wildman–Crippen MR) is 116 cm³/mol. The van der Waals surface area contributed by atoms with Gasteiger partial charge in [0.05, 0.1) is 18.2 Å². The molecule has 3 rings (SSSR count). The molecule has 0 aromatic heterocycles. The van der Waals surface area contributed by atoms with E-state index in [1.807, 2.05) is 20.9 Å². The maximum absolute atomic E-state index is 13.7. The average molecular weight is 419 g/mol. The number of allylic oxidation sites excluding steroid dienone is 2. The Balaban J connectivity index is 1.96. The Morgan fingerprint density at radius 1 is 1.23 bits per heavy atom. The second-order valence-electron chi connectivity index (χ2n) is 10.0. The lowest BCUT2D eigenvalue weighted by Gasteiger charge is -2.35. The molecule has 168 valence electrons. The van der Waals surface area contributed by atoms with Crippen LogP contribution >= 0.6 is 0 Å². The van der Waals surface area contributed by atoms with Crippen molar-refractivity contribution in [1.29, 1.82) is 0 Å². The molecule has 5 atom stereocenters. The van der Waals surface area contributed by atoms with Gasteiger partial charge in [0.25, 0.3) is 0 Å². The summed E-state index contributed by atoms with van der Waals surface area (Å²) in [6, 6.07) is -0.875. The molecule has 1 saturated carbocycles. The smallest absolute Gasteiger partial charge is 0.240 e. The van der Waals surface area contributed by atoms with Crippen molar-refractivity contribution in [3.8, 4) is 0 Å². The zero-order chi connectivity index (χ0) is 22.1. The number of hydrogen-bond donors (Lipinski definition) is 1. The molecule has 0 unspecified atom stereocenters. The van der Waals surface area contributed by atoms with E-state index < -0.39 is 16.9 Å². The SMILES string of the molecule is CN[C@H]1CCCCC/C=C\[C@@H]2C[C@@]2(C(C)=O)CC(=O)[C@H]2N(C[C@H](OC)C2(C)C)C1=O. The number of nitrogens with zero attached hydrogens (tertiary/aromatic N) is 1. The topological polar surface area (TPSA) is 75.7 Å². The average Bonchev–Trinajstić information content (AvgIpc) is 3.31. The lowest BCUT2D eigenvalue weighted by molar-refractivity contribution is -0.142. The molecule has 0 spiro atoms. The summed E-state index contributed by atoms with van der Waals surface area (Å²) < 4.78 is 5.70. The number of nitrogens with one attached hydrogen (secondary N) is 1. The predicted octanol–water partition coefficient (Wildman–Crippen LogP) is 2.90. The first-order valence-corrected chi connectivity index (χ1v) is 11.4. The molecule has 1 amide bonds. The number of hydrogen-bond acceptors (Lipinski definition) is 5. The normalized spacial score (nSPS) is 38.2. The number of methoxy groups -OCH3 is 1. The van der Waals surface area contributed by atoms with Gasteiger partial charge in [-0.05, 0) is 45.6 Å². The molecule has 2 heterocycles. The summed E-state index contributed by atoms with van der Waals surface area (Å²) in [4.78, 5) is 41.4. The van der Waals surface area contributed by atoms with Crippen molar-refractivity contribution in [2.24, 2.45) is 16.7 Å². The first-order valence-electron chi connectivity index (χ1n) is 11.4. The number of likely N-dealkylation sites (N-methyl/N-ethyl adjacent to an activating group) is 1. The van der Waals surface area contributed by atoms with E-state index in [2.05, 4.69) is 17.5 Å². The maximum Gasteiger partial charge on any atom is 0.240 e. The fraction of sp³-hybridized carbons (Fsp3) is 0.792. The van der Waals surface area contributed by atoms with Gasteiger partial charge in [-0.25, -0.2) is 0 Å². The van der Waals surface area contributed by atoms with Crippen LogP contribution in [0, 0.1) is 16.7 Å². The fourth-order valence-electron chi connectivity index (χ4n) is 5.65. The number of carbonyl (C=O) groups excluding carboxylic acids is 3. The van der Waals surface area contributed by atoms with Gasteiger partial charge in [0.2, 0.25) is 5.91 Å². The largest absolute Gasteiger partial charge is 0.379 e. The Bertz CT molecular complexity index is 716. The molecule has 6 heteroatoms. The third-order valence-electron chi connectivity index (χ3n) is 7.78. The van der Waals surface area contributed by atoms with E-state index in [0.29, 0.717) is 6.54 Å². The summed E-state index contributed by atoms with van der Waals surface area (Å²) in [6.07, 6.45) is 9.89. The summed E-state index contributed by atoms with van der Waals surface area (Å²) in [5.74, 6) is 0.185. The van der Waals surface area contributed by atoms with Crippen molar-refractivity contribution >= 4 is 17.5 Å². The number of rotatable bonds is 3. The summed E-state index contributed by atoms with van der Waals surface area (Å²) >= 11 is 0. The minimum absolute atomic E-state index is 0.0104.